The van der Waals surface area contributed by atoms with E-state index in [1.54, 1.807) is 0 Å². The Morgan fingerprint density at radius 3 is 2.39 bits per heavy atom. The van der Waals surface area contributed by atoms with E-state index >= 15 is 0 Å². The Morgan fingerprint density at radius 1 is 1.17 bits per heavy atom. The molecule has 2 aromatic rings. The average Bonchev–Trinajstić information content (AvgIpc) is 2.83. The standard InChI is InChI=1S/C21H23NO/c1-13(2)15-6-8-16(9-7-15)17-10-14(3)18(11-22)19-20(17)23-12-21(19,4)5/h6-10,13H,12H2,1-5H3. The van der Waals surface area contributed by atoms with E-state index in [0.717, 1.165) is 33.6 Å². The van der Waals surface area contributed by atoms with Crippen LogP contribution in [0.5, 0.6) is 5.75 Å². The number of fused-ring (bicyclic) bond motifs is 1. The number of hydrogen-bond acceptors (Lipinski definition) is 2. The normalized spacial score (nSPS) is 15.2. The lowest BCUT2D eigenvalue weighted by Crippen LogP contribution is -2.19. The van der Waals surface area contributed by atoms with E-state index in [-0.39, 0.29) is 5.41 Å². The van der Waals surface area contributed by atoms with Crippen LogP contribution in [-0.2, 0) is 5.41 Å². The van der Waals surface area contributed by atoms with Crippen molar-refractivity contribution in [2.75, 3.05) is 6.61 Å². The van der Waals surface area contributed by atoms with Crippen LogP contribution in [0.4, 0.5) is 0 Å². The highest BCUT2D eigenvalue weighted by Crippen LogP contribution is 2.47. The van der Waals surface area contributed by atoms with E-state index in [9.17, 15) is 5.26 Å². The van der Waals surface area contributed by atoms with Crippen LogP contribution in [0.2, 0.25) is 0 Å². The molecule has 23 heavy (non-hydrogen) atoms. The summed E-state index contributed by atoms with van der Waals surface area (Å²) in [7, 11) is 0. The van der Waals surface area contributed by atoms with Gasteiger partial charge in [-0.2, -0.15) is 5.26 Å². The topological polar surface area (TPSA) is 33.0 Å². The van der Waals surface area contributed by atoms with Crippen molar-refractivity contribution in [2.24, 2.45) is 0 Å². The van der Waals surface area contributed by atoms with E-state index in [2.05, 4.69) is 64.1 Å². The van der Waals surface area contributed by atoms with Crippen LogP contribution in [0.15, 0.2) is 30.3 Å². The molecule has 0 radical (unpaired) electrons. The van der Waals surface area contributed by atoms with Crippen LogP contribution in [0.3, 0.4) is 0 Å². The summed E-state index contributed by atoms with van der Waals surface area (Å²) in [5.41, 5.74) is 6.30. The number of benzene rings is 2. The third-order valence-electron chi connectivity index (χ3n) is 4.73. The molecule has 0 bridgehead atoms. The predicted molar refractivity (Wildman–Crippen MR) is 93.9 cm³/mol. The molecule has 118 valence electrons. The molecule has 0 saturated heterocycles. The molecule has 0 amide bonds. The SMILES string of the molecule is Cc1cc(-c2ccc(C(C)C)cc2)c2c(c1C#N)C(C)(C)CO2. The zero-order valence-electron chi connectivity index (χ0n) is 14.5. The minimum absolute atomic E-state index is 0.126. The molecule has 3 rings (SSSR count). The van der Waals surface area contributed by atoms with Gasteiger partial charge in [-0.25, -0.2) is 0 Å². The van der Waals surface area contributed by atoms with Gasteiger partial charge in [-0.3, -0.25) is 0 Å². The van der Waals surface area contributed by atoms with Crippen molar-refractivity contribution in [1.82, 2.24) is 0 Å². The summed E-state index contributed by atoms with van der Waals surface area (Å²) in [6.07, 6.45) is 0. The van der Waals surface area contributed by atoms with Gasteiger partial charge in [0.15, 0.2) is 0 Å². The molecule has 1 aliphatic rings. The first kappa shape index (κ1) is 15.6. The molecule has 1 heterocycles. The van der Waals surface area contributed by atoms with Crippen LogP contribution in [0.25, 0.3) is 11.1 Å². The van der Waals surface area contributed by atoms with Crippen LogP contribution >= 0.6 is 0 Å². The second-order valence-corrected chi connectivity index (χ2v) is 7.38. The maximum Gasteiger partial charge on any atom is 0.132 e. The van der Waals surface area contributed by atoms with Gasteiger partial charge >= 0.3 is 0 Å². The van der Waals surface area contributed by atoms with Crippen LogP contribution in [-0.4, -0.2) is 6.61 Å². The predicted octanol–water partition coefficient (Wildman–Crippen LogP) is 5.33. The Labute approximate surface area is 138 Å². The molecule has 0 N–H and O–H groups in total. The summed E-state index contributed by atoms with van der Waals surface area (Å²) >= 11 is 0. The van der Waals surface area contributed by atoms with Crippen LogP contribution in [0, 0.1) is 18.3 Å². The fraction of sp³-hybridized carbons (Fsp3) is 0.381. The van der Waals surface area contributed by atoms with Crippen molar-refractivity contribution in [3.05, 3.63) is 52.6 Å². The van der Waals surface area contributed by atoms with Crippen molar-refractivity contribution in [1.29, 1.82) is 5.26 Å². The molecule has 1 aliphatic heterocycles. The smallest absolute Gasteiger partial charge is 0.132 e. The van der Waals surface area contributed by atoms with E-state index < -0.39 is 0 Å². The minimum atomic E-state index is -0.126. The highest BCUT2D eigenvalue weighted by molar-refractivity contribution is 5.77. The second-order valence-electron chi connectivity index (χ2n) is 7.38. The monoisotopic (exact) mass is 305 g/mol. The van der Waals surface area contributed by atoms with Crippen molar-refractivity contribution < 1.29 is 4.74 Å². The maximum atomic E-state index is 9.57. The second kappa shape index (κ2) is 5.42. The molecule has 0 aromatic heterocycles. The van der Waals surface area contributed by atoms with Crippen molar-refractivity contribution in [3.63, 3.8) is 0 Å². The Kier molecular flexibility index (Phi) is 3.68. The molecule has 0 spiro atoms. The largest absolute Gasteiger partial charge is 0.492 e. The van der Waals surface area contributed by atoms with Gasteiger partial charge in [0.2, 0.25) is 0 Å². The number of ether oxygens (including phenoxy) is 1. The lowest BCUT2D eigenvalue weighted by molar-refractivity contribution is 0.291. The highest BCUT2D eigenvalue weighted by Gasteiger charge is 2.37. The Balaban J connectivity index is 2.21. The van der Waals surface area contributed by atoms with Gasteiger partial charge in [-0.05, 0) is 35.6 Å². The van der Waals surface area contributed by atoms with Crippen LogP contribution in [0.1, 0.15) is 55.9 Å². The molecular formula is C21H23NO. The van der Waals surface area contributed by atoms with E-state index in [0.29, 0.717) is 12.5 Å². The third-order valence-corrected chi connectivity index (χ3v) is 4.73. The first-order valence-corrected chi connectivity index (χ1v) is 8.16. The summed E-state index contributed by atoms with van der Waals surface area (Å²) in [6.45, 7) is 11.3. The maximum absolute atomic E-state index is 9.57. The lowest BCUT2D eigenvalue weighted by Gasteiger charge is -2.19. The molecule has 2 aromatic carbocycles. The summed E-state index contributed by atoms with van der Waals surface area (Å²) < 4.78 is 6.02. The van der Waals surface area contributed by atoms with Gasteiger partial charge in [-0.15, -0.1) is 0 Å². The molecule has 0 fully saturated rings. The first-order chi connectivity index (χ1) is 10.8. The van der Waals surface area contributed by atoms with Gasteiger partial charge in [0.1, 0.15) is 5.75 Å². The van der Waals surface area contributed by atoms with Crippen molar-refractivity contribution in [3.8, 4) is 22.9 Å². The number of aryl methyl sites for hydroxylation is 1. The quantitative estimate of drug-likeness (QED) is 0.751. The van der Waals surface area contributed by atoms with Crippen LogP contribution < -0.4 is 4.74 Å². The van der Waals surface area contributed by atoms with Gasteiger partial charge in [0, 0.05) is 16.5 Å². The lowest BCUT2D eigenvalue weighted by atomic mass is 9.80. The zero-order chi connectivity index (χ0) is 16.8. The molecular weight excluding hydrogens is 282 g/mol. The fourth-order valence-electron chi connectivity index (χ4n) is 3.33. The molecule has 0 aliphatic carbocycles. The fourth-order valence-corrected chi connectivity index (χ4v) is 3.33. The minimum Gasteiger partial charge on any atom is -0.492 e. The Hall–Kier alpha value is -2.27. The molecule has 0 atom stereocenters. The van der Waals surface area contributed by atoms with Gasteiger partial charge < -0.3 is 4.74 Å². The van der Waals surface area contributed by atoms with Crippen molar-refractivity contribution in [2.45, 2.75) is 46.0 Å². The molecule has 2 nitrogen and oxygen atoms in total. The third kappa shape index (κ3) is 2.51. The summed E-state index contributed by atoms with van der Waals surface area (Å²) in [5, 5.41) is 9.57. The van der Waals surface area contributed by atoms with Crippen molar-refractivity contribution >= 4 is 0 Å². The highest BCUT2D eigenvalue weighted by atomic mass is 16.5. The van der Waals surface area contributed by atoms with E-state index in [4.69, 9.17) is 4.74 Å². The number of hydrogen-bond donors (Lipinski definition) is 0. The summed E-state index contributed by atoms with van der Waals surface area (Å²) in [4.78, 5) is 0. The average molecular weight is 305 g/mol. The summed E-state index contributed by atoms with van der Waals surface area (Å²) in [6, 6.07) is 13.1. The summed E-state index contributed by atoms with van der Waals surface area (Å²) in [5.74, 6) is 1.40. The molecule has 0 unspecified atom stereocenters. The van der Waals surface area contributed by atoms with Gasteiger partial charge in [0.25, 0.3) is 0 Å². The Bertz CT molecular complexity index is 792. The van der Waals surface area contributed by atoms with E-state index in [1.165, 1.54) is 5.56 Å². The Morgan fingerprint density at radius 2 is 1.83 bits per heavy atom. The molecule has 0 saturated carbocycles. The van der Waals surface area contributed by atoms with E-state index in [1.807, 2.05) is 6.92 Å². The number of rotatable bonds is 2. The van der Waals surface area contributed by atoms with Gasteiger partial charge in [0.05, 0.1) is 18.2 Å². The zero-order valence-corrected chi connectivity index (χ0v) is 14.5. The number of nitrogens with zero attached hydrogens (tertiary/aromatic N) is 1. The molecule has 2 heteroatoms. The van der Waals surface area contributed by atoms with Gasteiger partial charge in [-0.1, -0.05) is 52.0 Å². The number of nitriles is 1. The first-order valence-electron chi connectivity index (χ1n) is 8.16.